The molecule has 0 radical (unpaired) electrons. The summed E-state index contributed by atoms with van der Waals surface area (Å²) in [6.45, 7) is 1.91. The average molecular weight is 367 g/mol. The summed E-state index contributed by atoms with van der Waals surface area (Å²) in [4.78, 5) is 0.167. The van der Waals surface area contributed by atoms with Crippen molar-refractivity contribution < 1.29 is 12.6 Å². The Labute approximate surface area is 133 Å². The van der Waals surface area contributed by atoms with Crippen molar-refractivity contribution in [2.45, 2.75) is 31.1 Å². The molecule has 21 heavy (non-hydrogen) atoms. The highest BCUT2D eigenvalue weighted by Gasteiger charge is 2.20. The number of hydrogen-bond donors (Lipinski definition) is 0. The van der Waals surface area contributed by atoms with Crippen LogP contribution in [-0.4, -0.2) is 8.42 Å². The van der Waals surface area contributed by atoms with E-state index in [1.54, 1.807) is 24.3 Å². The molecule has 110 valence electrons. The monoisotopic (exact) mass is 366 g/mol. The van der Waals surface area contributed by atoms with Crippen LogP contribution in [0.3, 0.4) is 0 Å². The summed E-state index contributed by atoms with van der Waals surface area (Å²) in [6.07, 6.45) is 3.12. The minimum absolute atomic E-state index is 0.167. The highest BCUT2D eigenvalue weighted by molar-refractivity contribution is 9.10. The van der Waals surface area contributed by atoms with Crippen LogP contribution in [0.5, 0.6) is 5.75 Å². The molecule has 0 fully saturated rings. The Balaban J connectivity index is 1.94. The van der Waals surface area contributed by atoms with E-state index in [0.29, 0.717) is 10.2 Å². The molecule has 1 aliphatic rings. The van der Waals surface area contributed by atoms with E-state index in [1.165, 1.54) is 11.1 Å². The van der Waals surface area contributed by atoms with Crippen molar-refractivity contribution in [1.29, 1.82) is 0 Å². The molecule has 2 aromatic carbocycles. The van der Waals surface area contributed by atoms with Gasteiger partial charge in [-0.25, -0.2) is 0 Å². The Morgan fingerprint density at radius 1 is 1.05 bits per heavy atom. The Kier molecular flexibility index (Phi) is 3.80. The minimum Gasteiger partial charge on any atom is -0.378 e. The van der Waals surface area contributed by atoms with Crippen LogP contribution < -0.4 is 4.18 Å². The van der Waals surface area contributed by atoms with Crippen molar-refractivity contribution >= 4 is 26.0 Å². The number of benzene rings is 2. The van der Waals surface area contributed by atoms with Gasteiger partial charge in [0.2, 0.25) is 0 Å². The van der Waals surface area contributed by atoms with Crippen molar-refractivity contribution in [2.75, 3.05) is 0 Å². The summed E-state index contributed by atoms with van der Waals surface area (Å²) < 4.78 is 30.6. The van der Waals surface area contributed by atoms with Gasteiger partial charge in [0.05, 0.1) is 4.47 Å². The molecule has 0 N–H and O–H groups in total. The van der Waals surface area contributed by atoms with E-state index in [0.717, 1.165) is 24.8 Å². The molecule has 0 spiro atoms. The quantitative estimate of drug-likeness (QED) is 0.770. The van der Waals surface area contributed by atoms with Gasteiger partial charge in [0.25, 0.3) is 0 Å². The van der Waals surface area contributed by atoms with Gasteiger partial charge in [0.1, 0.15) is 4.90 Å². The van der Waals surface area contributed by atoms with Gasteiger partial charge in [-0.05, 0) is 77.5 Å². The van der Waals surface area contributed by atoms with E-state index in [9.17, 15) is 8.42 Å². The average Bonchev–Trinajstić information content (AvgIpc) is 2.86. The largest absolute Gasteiger partial charge is 0.378 e. The Bertz CT molecular complexity index is 780. The number of aryl methyl sites for hydroxylation is 3. The first-order chi connectivity index (χ1) is 9.95. The molecule has 5 heteroatoms. The fourth-order valence-corrected chi connectivity index (χ4v) is 4.03. The van der Waals surface area contributed by atoms with Gasteiger partial charge in [0, 0.05) is 0 Å². The molecule has 0 saturated heterocycles. The number of hydrogen-bond acceptors (Lipinski definition) is 3. The standard InChI is InChI=1S/C16H15BrO3S/c1-11-5-7-14(8-6-11)21(18,19)20-16-10-13-4-2-3-12(13)9-15(16)17/h5-10H,2-4H2,1H3. The topological polar surface area (TPSA) is 43.4 Å². The maximum atomic E-state index is 12.3. The molecule has 3 rings (SSSR count). The maximum Gasteiger partial charge on any atom is 0.339 e. The molecule has 0 bridgehead atoms. The van der Waals surface area contributed by atoms with E-state index >= 15 is 0 Å². The molecule has 2 aromatic rings. The van der Waals surface area contributed by atoms with Gasteiger partial charge in [-0.3, -0.25) is 0 Å². The molecule has 0 aromatic heterocycles. The van der Waals surface area contributed by atoms with Crippen LogP contribution in [0.25, 0.3) is 0 Å². The molecule has 0 saturated carbocycles. The second-order valence-electron chi connectivity index (χ2n) is 5.26. The second kappa shape index (κ2) is 5.46. The summed E-state index contributed by atoms with van der Waals surface area (Å²) in [5.41, 5.74) is 3.45. The van der Waals surface area contributed by atoms with Crippen molar-refractivity contribution in [3.05, 3.63) is 57.6 Å². The molecule has 3 nitrogen and oxygen atoms in total. The van der Waals surface area contributed by atoms with Crippen molar-refractivity contribution in [2.24, 2.45) is 0 Å². The van der Waals surface area contributed by atoms with Crippen LogP contribution in [0.15, 0.2) is 45.8 Å². The van der Waals surface area contributed by atoms with Crippen molar-refractivity contribution in [3.63, 3.8) is 0 Å². The molecular weight excluding hydrogens is 352 g/mol. The van der Waals surface area contributed by atoms with Gasteiger partial charge in [-0.1, -0.05) is 17.7 Å². The van der Waals surface area contributed by atoms with E-state index in [4.69, 9.17) is 4.18 Å². The van der Waals surface area contributed by atoms with Crippen LogP contribution in [0.4, 0.5) is 0 Å². The van der Waals surface area contributed by atoms with Crippen molar-refractivity contribution in [3.8, 4) is 5.75 Å². The van der Waals surface area contributed by atoms with Gasteiger partial charge in [-0.2, -0.15) is 8.42 Å². The lowest BCUT2D eigenvalue weighted by atomic mass is 10.1. The number of fused-ring (bicyclic) bond motifs is 1. The van der Waals surface area contributed by atoms with E-state index < -0.39 is 10.1 Å². The molecular formula is C16H15BrO3S. The molecule has 0 amide bonds. The lowest BCUT2D eigenvalue weighted by molar-refractivity contribution is 0.484. The van der Waals surface area contributed by atoms with E-state index in [1.807, 2.05) is 19.1 Å². The second-order valence-corrected chi connectivity index (χ2v) is 7.66. The van der Waals surface area contributed by atoms with Gasteiger partial charge in [-0.15, -0.1) is 0 Å². The highest BCUT2D eigenvalue weighted by atomic mass is 79.9. The van der Waals surface area contributed by atoms with Crippen LogP contribution >= 0.6 is 15.9 Å². The van der Waals surface area contributed by atoms with Gasteiger partial charge >= 0.3 is 10.1 Å². The summed E-state index contributed by atoms with van der Waals surface area (Å²) >= 11 is 3.40. The molecule has 0 atom stereocenters. The maximum absolute atomic E-state index is 12.3. The highest BCUT2D eigenvalue weighted by Crippen LogP contribution is 2.34. The zero-order valence-electron chi connectivity index (χ0n) is 11.6. The summed E-state index contributed by atoms with van der Waals surface area (Å²) in [5, 5.41) is 0. The smallest absolute Gasteiger partial charge is 0.339 e. The van der Waals surface area contributed by atoms with Crippen molar-refractivity contribution in [1.82, 2.24) is 0 Å². The third-order valence-corrected chi connectivity index (χ3v) is 5.52. The fraction of sp³-hybridized carbons (Fsp3) is 0.250. The molecule has 0 aliphatic heterocycles. The first kappa shape index (κ1) is 14.6. The van der Waals surface area contributed by atoms with E-state index in [-0.39, 0.29) is 4.90 Å². The van der Waals surface area contributed by atoms with Gasteiger partial charge in [0.15, 0.2) is 5.75 Å². The predicted molar refractivity (Wildman–Crippen MR) is 85.2 cm³/mol. The Morgan fingerprint density at radius 2 is 1.67 bits per heavy atom. The predicted octanol–water partition coefficient (Wildman–Crippen LogP) is 4.01. The van der Waals surface area contributed by atoms with Gasteiger partial charge < -0.3 is 4.18 Å². The van der Waals surface area contributed by atoms with E-state index in [2.05, 4.69) is 15.9 Å². The molecule has 0 unspecified atom stereocenters. The molecule has 1 aliphatic carbocycles. The number of halogens is 1. The zero-order valence-corrected chi connectivity index (χ0v) is 14.0. The first-order valence-corrected chi connectivity index (χ1v) is 8.98. The summed E-state index contributed by atoms with van der Waals surface area (Å²) in [7, 11) is -3.80. The third kappa shape index (κ3) is 2.99. The minimum atomic E-state index is -3.80. The van der Waals surface area contributed by atoms with Crippen LogP contribution in [-0.2, 0) is 23.0 Å². The number of rotatable bonds is 3. The molecule has 0 heterocycles. The van der Waals surface area contributed by atoms with Crippen LogP contribution in [0.2, 0.25) is 0 Å². The van der Waals surface area contributed by atoms with Crippen LogP contribution in [0.1, 0.15) is 23.1 Å². The summed E-state index contributed by atoms with van der Waals surface area (Å²) in [5.74, 6) is 0.358. The lowest BCUT2D eigenvalue weighted by Crippen LogP contribution is -2.10. The lowest BCUT2D eigenvalue weighted by Gasteiger charge is -2.11. The SMILES string of the molecule is Cc1ccc(S(=O)(=O)Oc2cc3c(cc2Br)CCC3)cc1. The Morgan fingerprint density at radius 3 is 2.33 bits per heavy atom. The van der Waals surface area contributed by atoms with Crippen LogP contribution in [0, 0.1) is 6.92 Å². The normalized spacial score (nSPS) is 14.0. The fourth-order valence-electron chi connectivity index (χ4n) is 2.51. The summed E-state index contributed by atoms with van der Waals surface area (Å²) in [6, 6.07) is 10.4. The Hall–Kier alpha value is -1.33. The first-order valence-electron chi connectivity index (χ1n) is 6.78. The third-order valence-electron chi connectivity index (χ3n) is 3.66. The zero-order chi connectivity index (χ0) is 15.0.